The van der Waals surface area contributed by atoms with E-state index in [0.29, 0.717) is 19.3 Å². The second kappa shape index (κ2) is 3.71. The van der Waals surface area contributed by atoms with E-state index in [1.54, 1.807) is 13.8 Å². The number of hydrogen-bond acceptors (Lipinski definition) is 2. The Morgan fingerprint density at radius 3 is 2.40 bits per heavy atom. The fourth-order valence-corrected chi connectivity index (χ4v) is 0.622. The van der Waals surface area contributed by atoms with Crippen molar-refractivity contribution < 1.29 is 9.90 Å². The van der Waals surface area contributed by atoms with Crippen LogP contribution in [0.15, 0.2) is 0 Å². The van der Waals surface area contributed by atoms with Crippen LogP contribution < -0.4 is 0 Å². The summed E-state index contributed by atoms with van der Waals surface area (Å²) in [4.78, 5) is 10.5. The molecule has 1 atom stereocenters. The predicted octanol–water partition coefficient (Wildman–Crippen LogP) is 1.52. The highest BCUT2D eigenvalue weighted by Crippen LogP contribution is 2.15. The van der Waals surface area contributed by atoms with Gasteiger partial charge in [0.05, 0.1) is 5.60 Å². The third-order valence-corrected chi connectivity index (χ3v) is 1.78. The molecule has 1 unspecified atom stereocenters. The maximum absolute atomic E-state index is 10.5. The minimum Gasteiger partial charge on any atom is -0.390 e. The van der Waals surface area contributed by atoms with Crippen molar-refractivity contribution in [1.82, 2.24) is 0 Å². The molecule has 0 aromatic heterocycles. The molecule has 0 amide bonds. The van der Waals surface area contributed by atoms with E-state index in [2.05, 4.69) is 0 Å². The average Bonchev–Trinajstić information content (AvgIpc) is 1.85. The highest BCUT2D eigenvalue weighted by molar-refractivity contribution is 5.75. The Hall–Kier alpha value is -0.370. The molecular formula is C8H16O2. The van der Waals surface area contributed by atoms with Gasteiger partial charge in [0.2, 0.25) is 0 Å². The lowest BCUT2D eigenvalue weighted by Gasteiger charge is -2.19. The van der Waals surface area contributed by atoms with Crippen molar-refractivity contribution in [3.63, 3.8) is 0 Å². The van der Waals surface area contributed by atoms with Crippen LogP contribution in [0.3, 0.4) is 0 Å². The topological polar surface area (TPSA) is 37.3 Å². The van der Waals surface area contributed by atoms with E-state index in [4.69, 9.17) is 0 Å². The zero-order valence-electron chi connectivity index (χ0n) is 6.98. The first-order valence-corrected chi connectivity index (χ1v) is 3.70. The summed E-state index contributed by atoms with van der Waals surface area (Å²) in [7, 11) is 0. The Labute approximate surface area is 62.2 Å². The minimum absolute atomic E-state index is 0.147. The Morgan fingerprint density at radius 1 is 1.60 bits per heavy atom. The van der Waals surface area contributed by atoms with E-state index in [-0.39, 0.29) is 5.78 Å². The molecule has 0 bridgehead atoms. The van der Waals surface area contributed by atoms with Gasteiger partial charge in [-0.2, -0.15) is 0 Å². The Balaban J connectivity index is 3.56. The molecule has 10 heavy (non-hydrogen) atoms. The molecule has 2 nitrogen and oxygen atoms in total. The van der Waals surface area contributed by atoms with Crippen LogP contribution in [-0.4, -0.2) is 16.5 Å². The number of carbonyl (C=O) groups is 1. The predicted molar refractivity (Wildman–Crippen MR) is 40.8 cm³/mol. The van der Waals surface area contributed by atoms with Crippen molar-refractivity contribution in [3.05, 3.63) is 0 Å². The summed E-state index contributed by atoms with van der Waals surface area (Å²) in [6.45, 7) is 5.22. The number of rotatable bonds is 4. The lowest BCUT2D eigenvalue weighted by molar-refractivity contribution is -0.118. The van der Waals surface area contributed by atoms with Crippen LogP contribution >= 0.6 is 0 Å². The molecule has 0 aromatic rings. The summed E-state index contributed by atoms with van der Waals surface area (Å²) in [6, 6.07) is 0. The van der Waals surface area contributed by atoms with E-state index in [9.17, 15) is 9.90 Å². The van der Waals surface area contributed by atoms with Crippen molar-refractivity contribution in [2.45, 2.75) is 45.6 Å². The number of hydrogen-bond donors (Lipinski definition) is 1. The van der Waals surface area contributed by atoms with E-state index < -0.39 is 5.60 Å². The third-order valence-electron chi connectivity index (χ3n) is 1.78. The van der Waals surface area contributed by atoms with Gasteiger partial charge in [0.25, 0.3) is 0 Å². The molecular weight excluding hydrogens is 128 g/mol. The van der Waals surface area contributed by atoms with Crippen LogP contribution in [0.5, 0.6) is 0 Å². The summed E-state index contributed by atoms with van der Waals surface area (Å²) in [6.07, 6.45) is 1.78. The maximum atomic E-state index is 10.5. The normalized spacial score (nSPS) is 16.4. The van der Waals surface area contributed by atoms with Crippen molar-refractivity contribution in [3.8, 4) is 0 Å². The average molecular weight is 144 g/mol. The van der Waals surface area contributed by atoms with Crippen molar-refractivity contribution in [2.24, 2.45) is 0 Å². The Morgan fingerprint density at radius 2 is 2.10 bits per heavy atom. The lowest BCUT2D eigenvalue weighted by atomic mass is 9.96. The van der Waals surface area contributed by atoms with Gasteiger partial charge < -0.3 is 9.90 Å². The van der Waals surface area contributed by atoms with Crippen LogP contribution in [0, 0.1) is 0 Å². The molecule has 0 aromatic carbocycles. The molecule has 0 rings (SSSR count). The maximum Gasteiger partial charge on any atom is 0.129 e. The van der Waals surface area contributed by atoms with E-state index >= 15 is 0 Å². The zero-order chi connectivity index (χ0) is 8.20. The number of carbonyl (C=O) groups excluding carboxylic acids is 1. The van der Waals surface area contributed by atoms with Gasteiger partial charge in [-0.25, -0.2) is 0 Å². The van der Waals surface area contributed by atoms with Crippen molar-refractivity contribution in [1.29, 1.82) is 0 Å². The summed E-state index contributed by atoms with van der Waals surface area (Å²) < 4.78 is 0. The number of Topliss-reactive ketones (excluding diaryl/α,β-unsaturated/α-hetero) is 1. The molecule has 0 saturated carbocycles. The molecule has 0 aliphatic carbocycles. The first-order valence-electron chi connectivity index (χ1n) is 3.70. The summed E-state index contributed by atoms with van der Waals surface area (Å²) in [5, 5.41) is 9.42. The van der Waals surface area contributed by atoms with Gasteiger partial charge >= 0.3 is 0 Å². The quantitative estimate of drug-likeness (QED) is 0.649. The number of ketones is 1. The summed E-state index contributed by atoms with van der Waals surface area (Å²) in [5.41, 5.74) is -0.647. The van der Waals surface area contributed by atoms with Gasteiger partial charge in [-0.3, -0.25) is 0 Å². The van der Waals surface area contributed by atoms with Crippen LogP contribution in [0.4, 0.5) is 0 Å². The van der Waals surface area contributed by atoms with Gasteiger partial charge in [0.15, 0.2) is 0 Å². The van der Waals surface area contributed by atoms with Gasteiger partial charge in [-0.05, 0) is 26.7 Å². The molecule has 0 radical (unpaired) electrons. The standard InChI is InChI=1S/C8H16O2/c1-4-8(3,10)6-5-7(2)9/h10H,4-6H2,1-3H3. The second-order valence-electron chi connectivity index (χ2n) is 3.05. The first kappa shape index (κ1) is 9.63. The van der Waals surface area contributed by atoms with Crippen LogP contribution in [0.2, 0.25) is 0 Å². The highest BCUT2D eigenvalue weighted by atomic mass is 16.3. The Bertz CT molecular complexity index is 116. The largest absolute Gasteiger partial charge is 0.390 e. The fraction of sp³-hybridized carbons (Fsp3) is 0.875. The van der Waals surface area contributed by atoms with Crippen molar-refractivity contribution in [2.75, 3.05) is 0 Å². The monoisotopic (exact) mass is 144 g/mol. The van der Waals surface area contributed by atoms with Crippen molar-refractivity contribution >= 4 is 5.78 Å². The van der Waals surface area contributed by atoms with E-state index in [1.165, 1.54) is 0 Å². The molecule has 0 heterocycles. The lowest BCUT2D eigenvalue weighted by Crippen LogP contribution is -2.23. The van der Waals surface area contributed by atoms with Crippen LogP contribution in [0.25, 0.3) is 0 Å². The molecule has 0 saturated heterocycles. The second-order valence-corrected chi connectivity index (χ2v) is 3.05. The van der Waals surface area contributed by atoms with Gasteiger partial charge in [0.1, 0.15) is 5.78 Å². The molecule has 0 fully saturated rings. The minimum atomic E-state index is -0.647. The van der Waals surface area contributed by atoms with Gasteiger partial charge in [0, 0.05) is 6.42 Å². The molecule has 1 N–H and O–H groups in total. The first-order chi connectivity index (χ1) is 4.48. The third kappa shape index (κ3) is 4.50. The summed E-state index contributed by atoms with van der Waals surface area (Å²) in [5.74, 6) is 0.147. The summed E-state index contributed by atoms with van der Waals surface area (Å²) >= 11 is 0. The van der Waals surface area contributed by atoms with E-state index in [0.717, 1.165) is 0 Å². The van der Waals surface area contributed by atoms with Gasteiger partial charge in [-0.15, -0.1) is 0 Å². The van der Waals surface area contributed by atoms with Crippen LogP contribution in [0.1, 0.15) is 40.0 Å². The molecule has 60 valence electrons. The highest BCUT2D eigenvalue weighted by Gasteiger charge is 2.17. The SMILES string of the molecule is CCC(C)(O)CCC(C)=O. The van der Waals surface area contributed by atoms with Gasteiger partial charge in [-0.1, -0.05) is 6.92 Å². The molecule has 0 spiro atoms. The Kier molecular flexibility index (Phi) is 3.58. The molecule has 0 aliphatic rings. The van der Waals surface area contributed by atoms with E-state index in [1.807, 2.05) is 6.92 Å². The number of aliphatic hydroxyl groups is 1. The smallest absolute Gasteiger partial charge is 0.129 e. The molecule has 2 heteroatoms. The fourth-order valence-electron chi connectivity index (χ4n) is 0.622. The molecule has 0 aliphatic heterocycles. The zero-order valence-corrected chi connectivity index (χ0v) is 6.98. The van der Waals surface area contributed by atoms with Crippen LogP contribution in [-0.2, 0) is 4.79 Å².